The number of hydrogen-bond donors (Lipinski definition) is 0. The average Bonchev–Trinajstić information content (AvgIpc) is 1.87. The molecule has 0 aliphatic rings. The maximum absolute atomic E-state index is 10.1. The van der Waals surface area contributed by atoms with Gasteiger partial charge in [-0.15, -0.1) is 0 Å². The molecule has 0 fully saturated rings. The lowest BCUT2D eigenvalue weighted by Crippen LogP contribution is -2.30. The van der Waals surface area contributed by atoms with Gasteiger partial charge in [0.1, 0.15) is 0 Å². The molecule has 2 nitrogen and oxygen atoms in total. The van der Waals surface area contributed by atoms with Crippen LogP contribution in [0.1, 0.15) is 20.3 Å². The standard InChI is InChI=1S/C7H14NO/c1-4-5-8(3)7(2)6-9/h7H,4-5H2,1-3H3. The van der Waals surface area contributed by atoms with E-state index >= 15 is 0 Å². The molecule has 1 unspecified atom stereocenters. The van der Waals surface area contributed by atoms with E-state index in [-0.39, 0.29) is 6.04 Å². The van der Waals surface area contributed by atoms with Crippen LogP contribution in [0.25, 0.3) is 0 Å². The highest BCUT2D eigenvalue weighted by Gasteiger charge is 2.05. The molecule has 0 aliphatic carbocycles. The van der Waals surface area contributed by atoms with Crippen LogP contribution in [0.4, 0.5) is 0 Å². The molecule has 0 saturated carbocycles. The minimum absolute atomic E-state index is 0.0510. The number of nitrogens with zero attached hydrogens (tertiary/aromatic N) is 1. The van der Waals surface area contributed by atoms with E-state index in [2.05, 4.69) is 6.92 Å². The van der Waals surface area contributed by atoms with Crippen LogP contribution in [0, 0.1) is 0 Å². The molecular formula is C7H14NO. The third kappa shape index (κ3) is 3.25. The van der Waals surface area contributed by atoms with Gasteiger partial charge < -0.3 is 0 Å². The topological polar surface area (TPSA) is 20.3 Å². The van der Waals surface area contributed by atoms with E-state index < -0.39 is 0 Å². The van der Waals surface area contributed by atoms with Crippen LogP contribution in [0.15, 0.2) is 0 Å². The van der Waals surface area contributed by atoms with E-state index in [9.17, 15) is 4.79 Å². The fraction of sp³-hybridized carbons (Fsp3) is 0.857. The van der Waals surface area contributed by atoms with Crippen molar-refractivity contribution in [1.82, 2.24) is 4.90 Å². The van der Waals surface area contributed by atoms with Crippen LogP contribution in [0.2, 0.25) is 0 Å². The highest BCUT2D eigenvalue weighted by Crippen LogP contribution is 1.91. The summed E-state index contributed by atoms with van der Waals surface area (Å²) in [6.45, 7) is 4.91. The van der Waals surface area contributed by atoms with Gasteiger partial charge in [0, 0.05) is 0 Å². The van der Waals surface area contributed by atoms with Gasteiger partial charge in [0.25, 0.3) is 0 Å². The quantitative estimate of drug-likeness (QED) is 0.559. The van der Waals surface area contributed by atoms with Crippen molar-refractivity contribution >= 4 is 6.29 Å². The summed E-state index contributed by atoms with van der Waals surface area (Å²) in [6.07, 6.45) is 3.01. The smallest absolute Gasteiger partial charge is 0.216 e. The van der Waals surface area contributed by atoms with Crippen LogP contribution < -0.4 is 0 Å². The lowest BCUT2D eigenvalue weighted by atomic mass is 10.3. The first kappa shape index (κ1) is 8.63. The van der Waals surface area contributed by atoms with E-state index in [1.54, 1.807) is 0 Å². The van der Waals surface area contributed by atoms with E-state index in [4.69, 9.17) is 0 Å². The van der Waals surface area contributed by atoms with Gasteiger partial charge in [0.2, 0.25) is 6.29 Å². The summed E-state index contributed by atoms with van der Waals surface area (Å²) in [4.78, 5) is 12.0. The van der Waals surface area contributed by atoms with Crippen LogP contribution >= 0.6 is 0 Å². The Kier molecular flexibility index (Phi) is 4.32. The van der Waals surface area contributed by atoms with Crippen molar-refractivity contribution in [2.45, 2.75) is 26.3 Å². The molecule has 0 aromatic heterocycles. The number of hydrogen-bond acceptors (Lipinski definition) is 2. The predicted molar refractivity (Wildman–Crippen MR) is 38.1 cm³/mol. The van der Waals surface area contributed by atoms with Crippen molar-refractivity contribution in [3.63, 3.8) is 0 Å². The zero-order valence-corrected chi connectivity index (χ0v) is 6.35. The van der Waals surface area contributed by atoms with Gasteiger partial charge >= 0.3 is 0 Å². The first-order valence-electron chi connectivity index (χ1n) is 3.30. The van der Waals surface area contributed by atoms with Gasteiger partial charge in [-0.05, 0) is 26.9 Å². The maximum atomic E-state index is 10.1. The first-order valence-corrected chi connectivity index (χ1v) is 3.30. The number of rotatable bonds is 4. The molecule has 0 N–H and O–H groups in total. The predicted octanol–water partition coefficient (Wildman–Crippen LogP) is 0.826. The van der Waals surface area contributed by atoms with Crippen LogP contribution in [-0.2, 0) is 4.79 Å². The highest BCUT2D eigenvalue weighted by atomic mass is 16.1. The van der Waals surface area contributed by atoms with Gasteiger partial charge in [-0.2, -0.15) is 0 Å². The second kappa shape index (κ2) is 4.50. The Hall–Kier alpha value is -0.370. The van der Waals surface area contributed by atoms with Crippen molar-refractivity contribution in [2.75, 3.05) is 13.6 Å². The summed E-state index contributed by atoms with van der Waals surface area (Å²) in [6, 6.07) is -0.0510. The SMILES string of the molecule is CCCN(C)C(C)[C]=O. The maximum Gasteiger partial charge on any atom is 0.216 e. The second-order valence-electron chi connectivity index (χ2n) is 2.27. The van der Waals surface area contributed by atoms with E-state index in [0.717, 1.165) is 13.0 Å². The minimum atomic E-state index is -0.0510. The molecule has 0 spiro atoms. The fourth-order valence-corrected chi connectivity index (χ4v) is 0.636. The normalized spacial score (nSPS) is 13.8. The molecule has 0 heterocycles. The van der Waals surface area contributed by atoms with Gasteiger partial charge in [0.15, 0.2) is 0 Å². The molecule has 0 amide bonds. The monoisotopic (exact) mass is 128 g/mol. The Morgan fingerprint density at radius 1 is 1.67 bits per heavy atom. The van der Waals surface area contributed by atoms with Crippen molar-refractivity contribution < 1.29 is 4.79 Å². The van der Waals surface area contributed by atoms with E-state index in [1.165, 1.54) is 0 Å². The van der Waals surface area contributed by atoms with E-state index in [0.29, 0.717) is 0 Å². The van der Waals surface area contributed by atoms with Crippen molar-refractivity contribution in [3.05, 3.63) is 0 Å². The summed E-state index contributed by atoms with van der Waals surface area (Å²) < 4.78 is 0. The molecule has 9 heavy (non-hydrogen) atoms. The van der Waals surface area contributed by atoms with Crippen LogP contribution in [0.3, 0.4) is 0 Å². The molecule has 1 radical (unpaired) electrons. The lowest BCUT2D eigenvalue weighted by molar-refractivity contribution is 0.304. The summed E-state index contributed by atoms with van der Waals surface area (Å²) in [7, 11) is 1.93. The average molecular weight is 128 g/mol. The third-order valence-electron chi connectivity index (χ3n) is 1.41. The summed E-state index contributed by atoms with van der Waals surface area (Å²) in [5.41, 5.74) is 0. The molecule has 0 aromatic carbocycles. The Balaban J connectivity index is 3.44. The third-order valence-corrected chi connectivity index (χ3v) is 1.41. The molecule has 0 rings (SSSR count). The molecule has 2 heteroatoms. The van der Waals surface area contributed by atoms with Gasteiger partial charge in [-0.1, -0.05) is 6.92 Å². The summed E-state index contributed by atoms with van der Waals surface area (Å²) in [5.74, 6) is 0. The van der Waals surface area contributed by atoms with E-state index in [1.807, 2.05) is 25.2 Å². The molecular weight excluding hydrogens is 114 g/mol. The van der Waals surface area contributed by atoms with Gasteiger partial charge in [-0.25, -0.2) is 0 Å². The molecule has 1 atom stereocenters. The number of carbonyl (C=O) groups excluding carboxylic acids is 1. The summed E-state index contributed by atoms with van der Waals surface area (Å²) in [5, 5.41) is 0. The van der Waals surface area contributed by atoms with Crippen molar-refractivity contribution in [3.8, 4) is 0 Å². The molecule has 0 saturated heterocycles. The molecule has 0 aromatic rings. The van der Waals surface area contributed by atoms with Crippen LogP contribution in [-0.4, -0.2) is 30.8 Å². The largest absolute Gasteiger partial charge is 0.297 e. The second-order valence-corrected chi connectivity index (χ2v) is 2.27. The van der Waals surface area contributed by atoms with Crippen molar-refractivity contribution in [1.29, 1.82) is 0 Å². The van der Waals surface area contributed by atoms with Crippen molar-refractivity contribution in [2.24, 2.45) is 0 Å². The lowest BCUT2D eigenvalue weighted by Gasteiger charge is -2.17. The first-order chi connectivity index (χ1) is 4.22. The molecule has 0 bridgehead atoms. The summed E-state index contributed by atoms with van der Waals surface area (Å²) >= 11 is 0. The Bertz CT molecular complexity index is 83.0. The van der Waals surface area contributed by atoms with Gasteiger partial charge in [0.05, 0.1) is 6.04 Å². The number of likely N-dealkylation sites (N-methyl/N-ethyl adjacent to an activating group) is 1. The van der Waals surface area contributed by atoms with Crippen LogP contribution in [0.5, 0.6) is 0 Å². The Labute approximate surface area is 56.9 Å². The fourth-order valence-electron chi connectivity index (χ4n) is 0.636. The highest BCUT2D eigenvalue weighted by molar-refractivity contribution is 5.57. The Morgan fingerprint density at radius 2 is 2.22 bits per heavy atom. The zero-order chi connectivity index (χ0) is 7.28. The minimum Gasteiger partial charge on any atom is -0.297 e. The molecule has 53 valence electrons. The molecule has 0 aliphatic heterocycles. The van der Waals surface area contributed by atoms with Gasteiger partial charge in [-0.3, -0.25) is 9.69 Å². The zero-order valence-electron chi connectivity index (χ0n) is 6.35. The Morgan fingerprint density at radius 3 is 2.56 bits per heavy atom.